The minimum atomic E-state index is -0.320. The third-order valence-electron chi connectivity index (χ3n) is 3.55. The number of hydrogen-bond donors (Lipinski definition) is 0. The molecule has 0 aliphatic heterocycles. The summed E-state index contributed by atoms with van der Waals surface area (Å²) in [4.78, 5) is 11.1. The van der Waals surface area contributed by atoms with Gasteiger partial charge in [0.25, 0.3) is 0 Å². The first-order valence-corrected chi connectivity index (χ1v) is 6.58. The molecule has 0 aliphatic carbocycles. The molecule has 0 N–H and O–H groups in total. The fourth-order valence-corrected chi connectivity index (χ4v) is 2.47. The number of nitrogens with zero attached hydrogens (tertiary/aromatic N) is 1. The molecule has 2 aromatic carbocycles. The third-order valence-corrected chi connectivity index (χ3v) is 3.55. The number of aldehydes is 1. The molecule has 1 heterocycles. The van der Waals surface area contributed by atoms with Crippen molar-refractivity contribution in [2.24, 2.45) is 0 Å². The summed E-state index contributed by atoms with van der Waals surface area (Å²) in [6, 6.07) is 12.4. The van der Waals surface area contributed by atoms with Crippen LogP contribution in [0.25, 0.3) is 10.9 Å². The Labute approximate surface area is 121 Å². The molecule has 0 saturated heterocycles. The SMILES string of the molecule is COc1ccc(Cn2cc(C=O)c3ccccc32)c(F)c1. The van der Waals surface area contributed by atoms with Crippen molar-refractivity contribution in [1.82, 2.24) is 4.57 Å². The second-order valence-corrected chi connectivity index (χ2v) is 4.80. The van der Waals surface area contributed by atoms with Crippen LogP contribution in [0.5, 0.6) is 5.75 Å². The predicted octanol–water partition coefficient (Wildman–Crippen LogP) is 3.65. The quantitative estimate of drug-likeness (QED) is 0.684. The number of benzene rings is 2. The fraction of sp³-hybridized carbons (Fsp3) is 0.118. The zero-order valence-corrected chi connectivity index (χ0v) is 11.5. The molecular formula is C17H14FNO2. The van der Waals surface area contributed by atoms with Crippen LogP contribution < -0.4 is 4.74 Å². The van der Waals surface area contributed by atoms with Gasteiger partial charge in [0.15, 0.2) is 6.29 Å². The summed E-state index contributed by atoms with van der Waals surface area (Å²) < 4.78 is 20.9. The van der Waals surface area contributed by atoms with E-state index in [2.05, 4.69) is 0 Å². The van der Waals surface area contributed by atoms with Crippen molar-refractivity contribution in [1.29, 1.82) is 0 Å². The number of carbonyl (C=O) groups is 1. The zero-order valence-electron chi connectivity index (χ0n) is 11.5. The van der Waals surface area contributed by atoms with Gasteiger partial charge in [0, 0.05) is 34.3 Å². The minimum absolute atomic E-state index is 0.320. The maximum Gasteiger partial charge on any atom is 0.152 e. The summed E-state index contributed by atoms with van der Waals surface area (Å²) in [7, 11) is 1.50. The first-order valence-electron chi connectivity index (χ1n) is 6.58. The van der Waals surface area contributed by atoms with Crippen LogP contribution in [0.4, 0.5) is 4.39 Å². The van der Waals surface area contributed by atoms with E-state index in [1.165, 1.54) is 13.2 Å². The van der Waals surface area contributed by atoms with Gasteiger partial charge >= 0.3 is 0 Å². The molecule has 0 amide bonds. The molecule has 3 rings (SSSR count). The Morgan fingerprint density at radius 2 is 2.05 bits per heavy atom. The standard InChI is InChI=1S/C17H14FNO2/c1-21-14-7-6-12(16(18)8-14)9-19-10-13(11-20)15-4-2-3-5-17(15)19/h2-8,10-11H,9H2,1H3. The summed E-state index contributed by atoms with van der Waals surface area (Å²) in [5.41, 5.74) is 2.07. The van der Waals surface area contributed by atoms with Gasteiger partial charge in [-0.05, 0) is 12.1 Å². The lowest BCUT2D eigenvalue weighted by atomic mass is 10.2. The van der Waals surface area contributed by atoms with Gasteiger partial charge in [-0.3, -0.25) is 4.79 Å². The number of para-hydroxylation sites is 1. The number of hydrogen-bond acceptors (Lipinski definition) is 2. The Hall–Kier alpha value is -2.62. The number of rotatable bonds is 4. The molecule has 0 radical (unpaired) electrons. The van der Waals surface area contributed by atoms with E-state index >= 15 is 0 Å². The molecular weight excluding hydrogens is 269 g/mol. The van der Waals surface area contributed by atoms with Crippen LogP contribution in [-0.2, 0) is 6.54 Å². The maximum absolute atomic E-state index is 14.0. The topological polar surface area (TPSA) is 31.2 Å². The summed E-state index contributed by atoms with van der Waals surface area (Å²) in [5.74, 6) is 0.168. The van der Waals surface area contributed by atoms with Crippen LogP contribution in [0.2, 0.25) is 0 Å². The Morgan fingerprint density at radius 3 is 2.76 bits per heavy atom. The van der Waals surface area contributed by atoms with E-state index in [9.17, 15) is 9.18 Å². The molecule has 0 bridgehead atoms. The summed E-state index contributed by atoms with van der Waals surface area (Å²) in [6.45, 7) is 0.365. The van der Waals surface area contributed by atoms with Crippen LogP contribution in [0, 0.1) is 5.82 Å². The van der Waals surface area contributed by atoms with E-state index in [0.717, 1.165) is 17.2 Å². The van der Waals surface area contributed by atoms with E-state index in [4.69, 9.17) is 4.74 Å². The molecule has 1 aromatic heterocycles. The van der Waals surface area contributed by atoms with Crippen LogP contribution in [0.3, 0.4) is 0 Å². The fourth-order valence-electron chi connectivity index (χ4n) is 2.47. The van der Waals surface area contributed by atoms with Crippen molar-refractivity contribution in [3.05, 3.63) is 65.6 Å². The van der Waals surface area contributed by atoms with Gasteiger partial charge in [0.2, 0.25) is 0 Å². The third kappa shape index (κ3) is 2.40. The second-order valence-electron chi connectivity index (χ2n) is 4.80. The van der Waals surface area contributed by atoms with Gasteiger partial charge < -0.3 is 9.30 Å². The van der Waals surface area contributed by atoms with Gasteiger partial charge in [-0.1, -0.05) is 24.3 Å². The van der Waals surface area contributed by atoms with E-state index < -0.39 is 0 Å². The highest BCUT2D eigenvalue weighted by molar-refractivity contribution is 5.97. The average molecular weight is 283 g/mol. The van der Waals surface area contributed by atoms with Crippen LogP contribution in [-0.4, -0.2) is 18.0 Å². The summed E-state index contributed by atoms with van der Waals surface area (Å²) in [5, 5.41) is 0.876. The first kappa shape index (κ1) is 13.4. The molecule has 106 valence electrons. The molecule has 21 heavy (non-hydrogen) atoms. The number of fused-ring (bicyclic) bond motifs is 1. The number of halogens is 1. The number of carbonyl (C=O) groups excluding carboxylic acids is 1. The number of ether oxygens (including phenoxy) is 1. The monoisotopic (exact) mass is 283 g/mol. The number of methoxy groups -OCH3 is 1. The minimum Gasteiger partial charge on any atom is -0.497 e. The highest BCUT2D eigenvalue weighted by atomic mass is 19.1. The van der Waals surface area contributed by atoms with Crippen molar-refractivity contribution >= 4 is 17.2 Å². The van der Waals surface area contributed by atoms with Crippen molar-refractivity contribution in [3.63, 3.8) is 0 Å². The molecule has 0 atom stereocenters. The molecule has 0 aliphatic rings. The second kappa shape index (κ2) is 5.40. The van der Waals surface area contributed by atoms with Gasteiger partial charge in [-0.15, -0.1) is 0 Å². The van der Waals surface area contributed by atoms with Gasteiger partial charge in [0.1, 0.15) is 11.6 Å². The largest absolute Gasteiger partial charge is 0.497 e. The maximum atomic E-state index is 14.0. The highest BCUT2D eigenvalue weighted by Gasteiger charge is 2.10. The summed E-state index contributed by atoms with van der Waals surface area (Å²) in [6.07, 6.45) is 2.57. The predicted molar refractivity (Wildman–Crippen MR) is 79.4 cm³/mol. The Morgan fingerprint density at radius 1 is 1.24 bits per heavy atom. The molecule has 0 spiro atoms. The van der Waals surface area contributed by atoms with E-state index in [0.29, 0.717) is 23.4 Å². The Bertz CT molecular complexity index is 808. The summed E-state index contributed by atoms with van der Waals surface area (Å²) >= 11 is 0. The molecule has 4 heteroatoms. The van der Waals surface area contributed by atoms with Crippen molar-refractivity contribution < 1.29 is 13.9 Å². The highest BCUT2D eigenvalue weighted by Crippen LogP contribution is 2.23. The molecule has 0 unspecified atom stereocenters. The van der Waals surface area contributed by atoms with Gasteiger partial charge in [-0.25, -0.2) is 4.39 Å². The van der Waals surface area contributed by atoms with Gasteiger partial charge in [-0.2, -0.15) is 0 Å². The normalized spacial score (nSPS) is 10.8. The van der Waals surface area contributed by atoms with E-state index in [1.54, 1.807) is 18.3 Å². The number of aromatic nitrogens is 1. The van der Waals surface area contributed by atoms with Crippen LogP contribution in [0.1, 0.15) is 15.9 Å². The molecule has 3 aromatic rings. The lowest BCUT2D eigenvalue weighted by molar-refractivity contribution is 0.112. The molecule has 0 fully saturated rings. The smallest absolute Gasteiger partial charge is 0.152 e. The van der Waals surface area contributed by atoms with Crippen LogP contribution >= 0.6 is 0 Å². The molecule has 0 saturated carbocycles. The lowest BCUT2D eigenvalue weighted by Gasteiger charge is -2.08. The Kier molecular flexibility index (Phi) is 3.44. The first-order chi connectivity index (χ1) is 10.2. The molecule has 3 nitrogen and oxygen atoms in total. The zero-order chi connectivity index (χ0) is 14.8. The van der Waals surface area contributed by atoms with Crippen molar-refractivity contribution in [2.45, 2.75) is 6.54 Å². The lowest BCUT2D eigenvalue weighted by Crippen LogP contribution is -2.01. The van der Waals surface area contributed by atoms with Crippen molar-refractivity contribution in [2.75, 3.05) is 7.11 Å². The van der Waals surface area contributed by atoms with Crippen LogP contribution in [0.15, 0.2) is 48.7 Å². The van der Waals surface area contributed by atoms with Gasteiger partial charge in [0.05, 0.1) is 13.7 Å². The average Bonchev–Trinajstić information content (AvgIpc) is 2.87. The van der Waals surface area contributed by atoms with E-state index in [-0.39, 0.29) is 5.82 Å². The van der Waals surface area contributed by atoms with Crippen molar-refractivity contribution in [3.8, 4) is 5.75 Å². The van der Waals surface area contributed by atoms with E-state index in [1.807, 2.05) is 28.8 Å². The Balaban J connectivity index is 2.04.